The average Bonchev–Trinajstić information content (AvgIpc) is 2.78. The number of para-hydroxylation sites is 2. The molecule has 1 amide bonds. The molecule has 0 saturated carbocycles. The zero-order valence-electron chi connectivity index (χ0n) is 17.7. The lowest BCUT2D eigenvalue weighted by Gasteiger charge is -2.36. The van der Waals surface area contributed by atoms with Crippen molar-refractivity contribution in [3.8, 4) is 5.75 Å². The minimum atomic E-state index is 0.0150. The largest absolute Gasteiger partial charge is 0.495 e. The minimum absolute atomic E-state index is 0.0150. The standard InChI is InChI=1S/C22H31N5O2/c1-4-10-26(11-5-2)21(28)18-16-23-22(24-17-18)27-14-12-25(13-15-27)19-8-6-7-9-20(19)29-3/h6-9,16-17H,4-5,10-15H2,1-3H3. The normalized spacial score (nSPS) is 14.0. The van der Waals surface area contributed by atoms with Gasteiger partial charge in [0.1, 0.15) is 5.75 Å². The van der Waals surface area contributed by atoms with Crippen molar-refractivity contribution >= 4 is 17.5 Å². The summed E-state index contributed by atoms with van der Waals surface area (Å²) in [5.74, 6) is 1.59. The number of carbonyl (C=O) groups is 1. The van der Waals surface area contributed by atoms with E-state index < -0.39 is 0 Å². The van der Waals surface area contributed by atoms with E-state index in [4.69, 9.17) is 4.74 Å². The molecule has 0 atom stereocenters. The minimum Gasteiger partial charge on any atom is -0.495 e. The predicted octanol–water partition coefficient (Wildman–Crippen LogP) is 3.07. The zero-order chi connectivity index (χ0) is 20.6. The van der Waals surface area contributed by atoms with Crippen molar-refractivity contribution in [3.63, 3.8) is 0 Å². The van der Waals surface area contributed by atoms with Crippen LogP contribution in [0.15, 0.2) is 36.7 Å². The molecule has 0 spiro atoms. The molecule has 29 heavy (non-hydrogen) atoms. The highest BCUT2D eigenvalue weighted by Crippen LogP contribution is 2.28. The molecule has 1 saturated heterocycles. The highest BCUT2D eigenvalue weighted by Gasteiger charge is 2.22. The van der Waals surface area contributed by atoms with E-state index in [0.29, 0.717) is 11.5 Å². The summed E-state index contributed by atoms with van der Waals surface area (Å²) >= 11 is 0. The first-order valence-electron chi connectivity index (χ1n) is 10.4. The molecule has 0 radical (unpaired) electrons. The van der Waals surface area contributed by atoms with Crippen molar-refractivity contribution in [3.05, 3.63) is 42.2 Å². The first-order chi connectivity index (χ1) is 14.2. The lowest BCUT2D eigenvalue weighted by Crippen LogP contribution is -2.47. The highest BCUT2D eigenvalue weighted by molar-refractivity contribution is 5.93. The molecule has 1 aromatic carbocycles. The molecule has 0 N–H and O–H groups in total. The number of carbonyl (C=O) groups excluding carboxylic acids is 1. The van der Waals surface area contributed by atoms with Gasteiger partial charge in [0.25, 0.3) is 5.91 Å². The number of piperazine rings is 1. The van der Waals surface area contributed by atoms with Crippen LogP contribution in [0.4, 0.5) is 11.6 Å². The number of rotatable bonds is 8. The Hall–Kier alpha value is -2.83. The van der Waals surface area contributed by atoms with Gasteiger partial charge in [-0.2, -0.15) is 0 Å². The summed E-state index contributed by atoms with van der Waals surface area (Å²) in [7, 11) is 1.70. The second-order valence-corrected chi connectivity index (χ2v) is 7.21. The summed E-state index contributed by atoms with van der Waals surface area (Å²) < 4.78 is 5.48. The molecule has 0 aliphatic carbocycles. The van der Waals surface area contributed by atoms with Crippen LogP contribution in [-0.2, 0) is 0 Å². The van der Waals surface area contributed by atoms with Gasteiger partial charge in [0.2, 0.25) is 5.95 Å². The quantitative estimate of drug-likeness (QED) is 0.682. The first-order valence-corrected chi connectivity index (χ1v) is 10.4. The molecule has 1 aromatic heterocycles. The topological polar surface area (TPSA) is 61.8 Å². The number of nitrogens with zero attached hydrogens (tertiary/aromatic N) is 5. The lowest BCUT2D eigenvalue weighted by atomic mass is 10.2. The van der Waals surface area contributed by atoms with E-state index in [1.165, 1.54) is 0 Å². The maximum Gasteiger partial charge on any atom is 0.256 e. The SMILES string of the molecule is CCCN(CCC)C(=O)c1cnc(N2CCN(c3ccccc3OC)CC2)nc1. The molecule has 1 aliphatic rings. The Morgan fingerprint density at radius 3 is 2.17 bits per heavy atom. The maximum absolute atomic E-state index is 12.7. The molecule has 2 aromatic rings. The molecule has 156 valence electrons. The summed E-state index contributed by atoms with van der Waals surface area (Å²) in [5, 5.41) is 0. The molecule has 0 unspecified atom stereocenters. The maximum atomic E-state index is 12.7. The first kappa shape index (κ1) is 20.9. The Balaban J connectivity index is 1.62. The van der Waals surface area contributed by atoms with Crippen LogP contribution in [0, 0.1) is 0 Å². The number of aromatic nitrogens is 2. The number of amides is 1. The van der Waals surface area contributed by atoms with Crippen molar-refractivity contribution in [2.45, 2.75) is 26.7 Å². The lowest BCUT2D eigenvalue weighted by molar-refractivity contribution is 0.0754. The fraction of sp³-hybridized carbons (Fsp3) is 0.500. The van der Waals surface area contributed by atoms with Gasteiger partial charge >= 0.3 is 0 Å². The Labute approximate surface area is 173 Å². The third-order valence-electron chi connectivity index (χ3n) is 5.15. The summed E-state index contributed by atoms with van der Waals surface area (Å²) in [5.41, 5.74) is 1.67. The van der Waals surface area contributed by atoms with Crippen LogP contribution in [0.5, 0.6) is 5.75 Å². The van der Waals surface area contributed by atoms with Gasteiger partial charge < -0.3 is 19.4 Å². The molecule has 1 fully saturated rings. The number of methoxy groups -OCH3 is 1. The third-order valence-corrected chi connectivity index (χ3v) is 5.15. The fourth-order valence-electron chi connectivity index (χ4n) is 3.67. The molecule has 0 bridgehead atoms. The number of hydrogen-bond acceptors (Lipinski definition) is 6. The van der Waals surface area contributed by atoms with E-state index in [2.05, 4.69) is 39.7 Å². The van der Waals surface area contributed by atoms with Gasteiger partial charge in [0.15, 0.2) is 0 Å². The number of benzene rings is 1. The van der Waals surface area contributed by atoms with Gasteiger partial charge in [-0.1, -0.05) is 26.0 Å². The Kier molecular flexibility index (Phi) is 7.27. The van der Waals surface area contributed by atoms with Crippen LogP contribution in [0.3, 0.4) is 0 Å². The van der Waals surface area contributed by atoms with E-state index in [1.54, 1.807) is 19.5 Å². The fourth-order valence-corrected chi connectivity index (χ4v) is 3.67. The third kappa shape index (κ3) is 4.96. The zero-order valence-corrected chi connectivity index (χ0v) is 17.7. The van der Waals surface area contributed by atoms with Crippen LogP contribution in [0.25, 0.3) is 0 Å². The monoisotopic (exact) mass is 397 g/mol. The van der Waals surface area contributed by atoms with Crippen molar-refractivity contribution in [2.75, 3.05) is 56.2 Å². The Morgan fingerprint density at radius 2 is 1.59 bits per heavy atom. The van der Waals surface area contributed by atoms with Crippen LogP contribution >= 0.6 is 0 Å². The van der Waals surface area contributed by atoms with Crippen molar-refractivity contribution in [1.29, 1.82) is 0 Å². The van der Waals surface area contributed by atoms with E-state index in [9.17, 15) is 4.79 Å². The average molecular weight is 398 g/mol. The van der Waals surface area contributed by atoms with Gasteiger partial charge in [-0.25, -0.2) is 9.97 Å². The molecule has 1 aliphatic heterocycles. The van der Waals surface area contributed by atoms with Crippen LogP contribution < -0.4 is 14.5 Å². The van der Waals surface area contributed by atoms with E-state index in [1.807, 2.05) is 23.1 Å². The number of hydrogen-bond donors (Lipinski definition) is 0. The Morgan fingerprint density at radius 1 is 1.00 bits per heavy atom. The summed E-state index contributed by atoms with van der Waals surface area (Å²) in [6, 6.07) is 8.09. The number of anilines is 2. The van der Waals surface area contributed by atoms with E-state index in [-0.39, 0.29) is 5.91 Å². The second-order valence-electron chi connectivity index (χ2n) is 7.21. The second kappa shape index (κ2) is 10.1. The molecule has 7 heteroatoms. The van der Waals surface area contributed by atoms with Crippen molar-refractivity contribution in [1.82, 2.24) is 14.9 Å². The van der Waals surface area contributed by atoms with E-state index >= 15 is 0 Å². The summed E-state index contributed by atoms with van der Waals surface area (Å²) in [6.07, 6.45) is 5.22. The molecular weight excluding hydrogens is 366 g/mol. The van der Waals surface area contributed by atoms with Crippen molar-refractivity contribution in [2.24, 2.45) is 0 Å². The number of ether oxygens (including phenoxy) is 1. The van der Waals surface area contributed by atoms with Gasteiger partial charge in [-0.15, -0.1) is 0 Å². The van der Waals surface area contributed by atoms with E-state index in [0.717, 1.165) is 63.5 Å². The molecule has 7 nitrogen and oxygen atoms in total. The molecular formula is C22H31N5O2. The van der Waals surface area contributed by atoms with Gasteiger partial charge in [0.05, 0.1) is 18.4 Å². The Bertz CT molecular complexity index is 782. The summed E-state index contributed by atoms with van der Waals surface area (Å²) in [4.78, 5) is 28.0. The molecule has 3 rings (SSSR count). The molecule has 2 heterocycles. The highest BCUT2D eigenvalue weighted by atomic mass is 16.5. The smallest absolute Gasteiger partial charge is 0.256 e. The van der Waals surface area contributed by atoms with Gasteiger partial charge in [-0.05, 0) is 25.0 Å². The van der Waals surface area contributed by atoms with Gasteiger partial charge in [0, 0.05) is 51.7 Å². The summed E-state index contributed by atoms with van der Waals surface area (Å²) in [6.45, 7) is 9.07. The van der Waals surface area contributed by atoms with Crippen LogP contribution in [0.2, 0.25) is 0 Å². The van der Waals surface area contributed by atoms with Gasteiger partial charge in [-0.3, -0.25) is 4.79 Å². The predicted molar refractivity (Wildman–Crippen MR) is 116 cm³/mol. The van der Waals surface area contributed by atoms with Crippen molar-refractivity contribution < 1.29 is 9.53 Å². The van der Waals surface area contributed by atoms with Crippen LogP contribution in [0.1, 0.15) is 37.0 Å². The van der Waals surface area contributed by atoms with Crippen LogP contribution in [-0.4, -0.2) is 67.2 Å².